The first kappa shape index (κ1) is 17.0. The van der Waals surface area contributed by atoms with Crippen molar-refractivity contribution in [2.75, 3.05) is 32.7 Å². The van der Waals surface area contributed by atoms with Crippen LogP contribution in [-0.2, 0) is 0 Å². The Labute approximate surface area is 146 Å². The van der Waals surface area contributed by atoms with Gasteiger partial charge < -0.3 is 10.0 Å². The van der Waals surface area contributed by atoms with E-state index >= 15 is 0 Å². The highest BCUT2D eigenvalue weighted by Gasteiger charge is 2.24. The van der Waals surface area contributed by atoms with Crippen molar-refractivity contribution in [2.24, 2.45) is 0 Å². The number of aliphatic hydroxyl groups is 1. The first-order chi connectivity index (χ1) is 11.5. The first-order valence-electron chi connectivity index (χ1n) is 8.05. The van der Waals surface area contributed by atoms with Crippen molar-refractivity contribution in [2.45, 2.75) is 13.0 Å². The summed E-state index contributed by atoms with van der Waals surface area (Å²) in [5, 5.41) is 14.4. The second-order valence-electron chi connectivity index (χ2n) is 6.04. The Morgan fingerprint density at radius 1 is 1.25 bits per heavy atom. The van der Waals surface area contributed by atoms with Gasteiger partial charge in [-0.05, 0) is 25.1 Å². The molecule has 0 spiro atoms. The average Bonchev–Trinajstić information content (AvgIpc) is 3.04. The van der Waals surface area contributed by atoms with Crippen molar-refractivity contribution < 1.29 is 9.90 Å². The van der Waals surface area contributed by atoms with Crippen LogP contribution in [0, 0.1) is 0 Å². The third kappa shape index (κ3) is 3.77. The number of para-hydroxylation sites is 1. The molecule has 1 atom stereocenters. The number of hydrogen-bond acceptors (Lipinski definition) is 4. The van der Waals surface area contributed by atoms with Crippen LogP contribution in [0.5, 0.6) is 0 Å². The molecule has 1 aromatic heterocycles. The van der Waals surface area contributed by atoms with Crippen molar-refractivity contribution >= 4 is 17.5 Å². The van der Waals surface area contributed by atoms with E-state index in [1.54, 1.807) is 34.8 Å². The van der Waals surface area contributed by atoms with Crippen LogP contribution in [-0.4, -0.2) is 69.4 Å². The van der Waals surface area contributed by atoms with Gasteiger partial charge in [0.05, 0.1) is 16.8 Å². The van der Waals surface area contributed by atoms with Crippen molar-refractivity contribution in [1.82, 2.24) is 19.6 Å². The van der Waals surface area contributed by atoms with Crippen LogP contribution in [0.25, 0.3) is 5.69 Å². The van der Waals surface area contributed by atoms with Crippen LogP contribution in [0.4, 0.5) is 0 Å². The average molecular weight is 349 g/mol. The zero-order valence-electron chi connectivity index (χ0n) is 13.6. The second kappa shape index (κ2) is 7.34. The molecule has 0 unspecified atom stereocenters. The standard InChI is InChI=1S/C17H21ClN4O2/c1-13(23)12-20-8-10-21(11-9-20)17(24)15-6-7-22(19-15)16-5-3-2-4-14(16)18/h2-7,13,23H,8-12H2,1H3/t13-/m1/s1. The van der Waals surface area contributed by atoms with Crippen LogP contribution >= 0.6 is 11.6 Å². The monoisotopic (exact) mass is 348 g/mol. The van der Waals surface area contributed by atoms with Crippen molar-refractivity contribution in [1.29, 1.82) is 0 Å². The number of carbonyl (C=O) groups excluding carboxylic acids is 1. The zero-order chi connectivity index (χ0) is 17.1. The van der Waals surface area contributed by atoms with Crippen LogP contribution in [0.2, 0.25) is 5.02 Å². The summed E-state index contributed by atoms with van der Waals surface area (Å²) in [5.41, 5.74) is 1.17. The van der Waals surface area contributed by atoms with E-state index in [9.17, 15) is 9.90 Å². The van der Waals surface area contributed by atoms with Gasteiger partial charge in [0.15, 0.2) is 5.69 Å². The normalized spacial score (nSPS) is 17.0. The van der Waals surface area contributed by atoms with Gasteiger partial charge in [0.1, 0.15) is 0 Å². The molecule has 1 N–H and O–H groups in total. The van der Waals surface area contributed by atoms with Gasteiger partial charge in [-0.2, -0.15) is 5.10 Å². The molecule has 1 saturated heterocycles. The Morgan fingerprint density at radius 2 is 1.96 bits per heavy atom. The highest BCUT2D eigenvalue weighted by Crippen LogP contribution is 2.19. The number of β-amino-alcohol motifs (C(OH)–C–C–N with tert-alkyl or cyclic N) is 1. The molecule has 0 radical (unpaired) electrons. The number of amides is 1. The number of halogens is 1. The van der Waals surface area contributed by atoms with Crippen LogP contribution in [0.3, 0.4) is 0 Å². The van der Waals surface area contributed by atoms with Crippen LogP contribution in [0.15, 0.2) is 36.5 Å². The van der Waals surface area contributed by atoms with Gasteiger partial charge in [-0.25, -0.2) is 4.68 Å². The van der Waals surface area contributed by atoms with Gasteiger partial charge in [-0.15, -0.1) is 0 Å². The first-order valence-corrected chi connectivity index (χ1v) is 8.42. The maximum absolute atomic E-state index is 12.6. The van der Waals surface area contributed by atoms with Gasteiger partial charge in [-0.1, -0.05) is 23.7 Å². The predicted octanol–water partition coefficient (Wildman–Crippen LogP) is 1.66. The minimum atomic E-state index is -0.349. The molecule has 1 aromatic carbocycles. The molecule has 1 amide bonds. The fourth-order valence-electron chi connectivity index (χ4n) is 2.88. The fraction of sp³-hybridized carbons (Fsp3) is 0.412. The number of rotatable bonds is 4. The molecule has 0 aliphatic carbocycles. The van der Waals surface area contributed by atoms with E-state index in [0.29, 0.717) is 30.4 Å². The summed E-state index contributed by atoms with van der Waals surface area (Å²) < 4.78 is 1.62. The van der Waals surface area contributed by atoms with Crippen LogP contribution < -0.4 is 0 Å². The quantitative estimate of drug-likeness (QED) is 0.913. The molecule has 6 nitrogen and oxygen atoms in total. The molecule has 24 heavy (non-hydrogen) atoms. The smallest absolute Gasteiger partial charge is 0.274 e. The van der Waals surface area contributed by atoms with Crippen molar-refractivity contribution in [3.8, 4) is 5.69 Å². The third-order valence-corrected chi connectivity index (χ3v) is 4.41. The number of benzene rings is 1. The lowest BCUT2D eigenvalue weighted by Crippen LogP contribution is -2.50. The summed E-state index contributed by atoms with van der Waals surface area (Å²) in [6.45, 7) is 5.24. The molecule has 3 rings (SSSR count). The van der Waals surface area contributed by atoms with Crippen molar-refractivity contribution in [3.63, 3.8) is 0 Å². The predicted molar refractivity (Wildman–Crippen MR) is 92.6 cm³/mol. The Hall–Kier alpha value is -1.89. The lowest BCUT2D eigenvalue weighted by atomic mass is 10.2. The second-order valence-corrected chi connectivity index (χ2v) is 6.45. The fourth-order valence-corrected chi connectivity index (χ4v) is 3.10. The lowest BCUT2D eigenvalue weighted by molar-refractivity contribution is 0.0549. The molecular formula is C17H21ClN4O2. The summed E-state index contributed by atoms with van der Waals surface area (Å²) in [4.78, 5) is 16.6. The summed E-state index contributed by atoms with van der Waals surface area (Å²) in [5.74, 6) is -0.0718. The highest BCUT2D eigenvalue weighted by atomic mass is 35.5. The number of aliphatic hydroxyl groups excluding tert-OH is 1. The lowest BCUT2D eigenvalue weighted by Gasteiger charge is -2.34. The summed E-state index contributed by atoms with van der Waals surface area (Å²) in [6, 6.07) is 9.10. The molecule has 1 aliphatic heterocycles. The van der Waals surface area contributed by atoms with Gasteiger partial charge >= 0.3 is 0 Å². The molecule has 2 heterocycles. The van der Waals surface area contributed by atoms with E-state index in [-0.39, 0.29) is 12.0 Å². The largest absolute Gasteiger partial charge is 0.392 e. The number of hydrogen-bond donors (Lipinski definition) is 1. The van der Waals surface area contributed by atoms with E-state index in [2.05, 4.69) is 10.00 Å². The van der Waals surface area contributed by atoms with E-state index < -0.39 is 0 Å². The number of piperazine rings is 1. The molecule has 7 heteroatoms. The van der Waals surface area contributed by atoms with E-state index in [1.807, 2.05) is 18.2 Å². The Morgan fingerprint density at radius 3 is 2.62 bits per heavy atom. The molecule has 2 aromatic rings. The van der Waals surface area contributed by atoms with Crippen LogP contribution in [0.1, 0.15) is 17.4 Å². The molecular weight excluding hydrogens is 328 g/mol. The SMILES string of the molecule is C[C@@H](O)CN1CCN(C(=O)c2ccn(-c3ccccc3Cl)n2)CC1. The minimum Gasteiger partial charge on any atom is -0.392 e. The topological polar surface area (TPSA) is 61.6 Å². The van der Waals surface area contributed by atoms with E-state index in [1.165, 1.54) is 0 Å². The van der Waals surface area contributed by atoms with Crippen molar-refractivity contribution in [3.05, 3.63) is 47.2 Å². The minimum absolute atomic E-state index is 0.0718. The summed E-state index contributed by atoms with van der Waals surface area (Å²) in [7, 11) is 0. The molecule has 128 valence electrons. The van der Waals surface area contributed by atoms with Gasteiger partial charge in [0, 0.05) is 38.9 Å². The van der Waals surface area contributed by atoms with Gasteiger partial charge in [0.2, 0.25) is 0 Å². The van der Waals surface area contributed by atoms with E-state index in [4.69, 9.17) is 11.6 Å². The molecule has 1 aliphatic rings. The summed E-state index contributed by atoms with van der Waals surface area (Å²) in [6.07, 6.45) is 1.40. The number of carbonyl (C=O) groups is 1. The molecule has 0 bridgehead atoms. The highest BCUT2D eigenvalue weighted by molar-refractivity contribution is 6.32. The Balaban J connectivity index is 1.66. The molecule has 0 saturated carbocycles. The maximum atomic E-state index is 12.6. The summed E-state index contributed by atoms with van der Waals surface area (Å²) >= 11 is 6.17. The molecule has 1 fully saturated rings. The number of nitrogens with zero attached hydrogens (tertiary/aromatic N) is 4. The third-order valence-electron chi connectivity index (χ3n) is 4.09. The van der Waals surface area contributed by atoms with Gasteiger partial charge in [-0.3, -0.25) is 9.69 Å². The van der Waals surface area contributed by atoms with Gasteiger partial charge in [0.25, 0.3) is 5.91 Å². The maximum Gasteiger partial charge on any atom is 0.274 e. The van der Waals surface area contributed by atoms with E-state index in [0.717, 1.165) is 18.8 Å². The Bertz CT molecular complexity index is 708. The number of aromatic nitrogens is 2. The zero-order valence-corrected chi connectivity index (χ0v) is 14.4. The Kier molecular flexibility index (Phi) is 5.18.